The molecule has 0 saturated heterocycles. The number of hydrogen-bond donors (Lipinski definition) is 1. The number of Topliss-reactive ketones (excluding diaryl/α,β-unsaturated/α-hetero) is 1. The summed E-state index contributed by atoms with van der Waals surface area (Å²) in [4.78, 5) is 27.9. The average Bonchev–Trinajstić information content (AvgIpc) is 3.27. The zero-order chi connectivity index (χ0) is 21.3. The zero-order valence-corrected chi connectivity index (χ0v) is 18.1. The van der Waals surface area contributed by atoms with Gasteiger partial charge < -0.3 is 14.1 Å². The largest absolute Gasteiger partial charge is 0.465 e. The van der Waals surface area contributed by atoms with Crippen LogP contribution in [0.25, 0.3) is 11.5 Å². The van der Waals surface area contributed by atoms with E-state index >= 15 is 0 Å². The molecule has 1 atom stereocenters. The molecule has 0 spiro atoms. The van der Waals surface area contributed by atoms with Gasteiger partial charge in [-0.25, -0.2) is 4.79 Å². The van der Waals surface area contributed by atoms with E-state index in [1.54, 1.807) is 20.8 Å². The summed E-state index contributed by atoms with van der Waals surface area (Å²) in [5.41, 5.74) is 5.12. The van der Waals surface area contributed by atoms with Crippen LogP contribution in [0.15, 0.2) is 27.8 Å². The van der Waals surface area contributed by atoms with Crippen LogP contribution in [0.1, 0.15) is 50.2 Å². The fourth-order valence-corrected chi connectivity index (χ4v) is 3.80. The van der Waals surface area contributed by atoms with Crippen molar-refractivity contribution in [3.05, 3.63) is 51.8 Å². The van der Waals surface area contributed by atoms with E-state index in [9.17, 15) is 9.59 Å². The lowest BCUT2D eigenvalue weighted by molar-refractivity contribution is 0.0599. The minimum Gasteiger partial charge on any atom is -0.465 e. The molecule has 0 bridgehead atoms. The van der Waals surface area contributed by atoms with Crippen LogP contribution in [0.4, 0.5) is 0 Å². The number of nitrogens with one attached hydrogen (secondary N) is 1. The Balaban J connectivity index is 1.78. The summed E-state index contributed by atoms with van der Waals surface area (Å²) < 4.78 is 10.5. The fourth-order valence-electron chi connectivity index (χ4n) is 3.06. The van der Waals surface area contributed by atoms with Crippen LogP contribution < -0.4 is 0 Å². The van der Waals surface area contributed by atoms with Crippen molar-refractivity contribution in [3.63, 3.8) is 0 Å². The Kier molecular flexibility index (Phi) is 5.93. The number of carbonyl (C=O) groups excluding carboxylic acids is 2. The lowest BCUT2D eigenvalue weighted by Gasteiger charge is -2.07. The first-order chi connectivity index (χ1) is 13.7. The zero-order valence-electron chi connectivity index (χ0n) is 17.2. The molecule has 29 heavy (non-hydrogen) atoms. The van der Waals surface area contributed by atoms with Crippen molar-refractivity contribution in [2.24, 2.45) is 0 Å². The van der Waals surface area contributed by atoms with Gasteiger partial charge in [-0.05, 0) is 63.4 Å². The van der Waals surface area contributed by atoms with Crippen molar-refractivity contribution in [2.45, 2.75) is 45.1 Å². The molecule has 0 amide bonds. The Bertz CT molecular complexity index is 1080. The molecular weight excluding hydrogens is 390 g/mol. The summed E-state index contributed by atoms with van der Waals surface area (Å²) in [6.45, 7) is 9.29. The first-order valence-electron chi connectivity index (χ1n) is 9.12. The van der Waals surface area contributed by atoms with Crippen molar-refractivity contribution >= 4 is 23.5 Å². The highest BCUT2D eigenvalue weighted by Gasteiger charge is 2.27. The third kappa shape index (κ3) is 4.12. The Hall–Kier alpha value is -2.87. The molecule has 0 unspecified atom stereocenters. The Morgan fingerprint density at radius 3 is 2.52 bits per heavy atom. The number of ether oxygens (including phenoxy) is 1. The average molecular weight is 413 g/mol. The number of aromatic amines is 1. The maximum absolute atomic E-state index is 12.9. The smallest absolute Gasteiger partial charge is 0.339 e. The number of aryl methyl sites for hydroxylation is 3. The second-order valence-corrected chi connectivity index (χ2v) is 8.21. The van der Waals surface area contributed by atoms with Gasteiger partial charge >= 0.3 is 5.97 Å². The summed E-state index contributed by atoms with van der Waals surface area (Å²) in [6.07, 6.45) is 0. The molecule has 3 aromatic rings. The van der Waals surface area contributed by atoms with Gasteiger partial charge in [-0.15, -0.1) is 10.2 Å². The van der Waals surface area contributed by atoms with Crippen molar-refractivity contribution in [3.8, 4) is 11.5 Å². The van der Waals surface area contributed by atoms with Gasteiger partial charge in [0, 0.05) is 11.3 Å². The van der Waals surface area contributed by atoms with Crippen LogP contribution in [0, 0.1) is 27.7 Å². The number of methoxy groups -OCH3 is 1. The number of hydrogen-bond acceptors (Lipinski definition) is 7. The first-order valence-corrected chi connectivity index (χ1v) is 10.00. The predicted octanol–water partition coefficient (Wildman–Crippen LogP) is 4.45. The summed E-state index contributed by atoms with van der Waals surface area (Å²) in [7, 11) is 1.32. The van der Waals surface area contributed by atoms with E-state index in [1.807, 2.05) is 32.0 Å². The molecular formula is C21H23N3O4S. The van der Waals surface area contributed by atoms with Crippen LogP contribution in [-0.4, -0.2) is 39.3 Å². The molecule has 0 aliphatic heterocycles. The van der Waals surface area contributed by atoms with Gasteiger partial charge in [-0.1, -0.05) is 17.8 Å². The van der Waals surface area contributed by atoms with E-state index in [0.717, 1.165) is 11.1 Å². The number of carbonyl (C=O) groups is 2. The van der Waals surface area contributed by atoms with Gasteiger partial charge in [0.2, 0.25) is 5.89 Å². The number of thioether (sulfide) groups is 1. The first kappa shape index (κ1) is 20.9. The Morgan fingerprint density at radius 2 is 1.86 bits per heavy atom. The standard InChI is InChI=1S/C21H23N3O4S/c1-10-7-8-15(9-11(10)2)19-23-24-21(28-19)29-14(5)18(25)17-12(3)16(13(4)22-17)20(26)27-6/h7-9,14,22H,1-6H3/t14-/m1/s1. The number of esters is 1. The summed E-state index contributed by atoms with van der Waals surface area (Å²) in [5.74, 6) is -0.211. The van der Waals surface area contributed by atoms with Crippen LogP contribution in [-0.2, 0) is 4.74 Å². The number of ketones is 1. The summed E-state index contributed by atoms with van der Waals surface area (Å²) in [6, 6.07) is 5.92. The molecule has 8 heteroatoms. The van der Waals surface area contributed by atoms with Crippen molar-refractivity contribution < 1.29 is 18.7 Å². The monoisotopic (exact) mass is 413 g/mol. The SMILES string of the molecule is COC(=O)c1c(C)[nH]c(C(=O)[C@@H](C)Sc2nnc(-c3ccc(C)c(C)c3)o2)c1C. The Labute approximate surface area is 173 Å². The van der Waals surface area contributed by atoms with Gasteiger partial charge in [0.1, 0.15) is 0 Å². The third-order valence-corrected chi connectivity index (χ3v) is 5.81. The lowest BCUT2D eigenvalue weighted by atomic mass is 10.1. The maximum atomic E-state index is 12.9. The quantitative estimate of drug-likeness (QED) is 0.362. The maximum Gasteiger partial charge on any atom is 0.339 e. The number of rotatable bonds is 6. The lowest BCUT2D eigenvalue weighted by Crippen LogP contribution is -2.15. The van der Waals surface area contributed by atoms with E-state index in [1.165, 1.54) is 24.4 Å². The van der Waals surface area contributed by atoms with Crippen LogP contribution in [0.5, 0.6) is 0 Å². The van der Waals surface area contributed by atoms with E-state index in [2.05, 4.69) is 15.2 Å². The van der Waals surface area contributed by atoms with E-state index in [4.69, 9.17) is 9.15 Å². The van der Waals surface area contributed by atoms with Crippen LogP contribution in [0.3, 0.4) is 0 Å². The molecule has 0 fully saturated rings. The van der Waals surface area contributed by atoms with E-state index in [0.29, 0.717) is 33.6 Å². The second kappa shape index (κ2) is 8.24. The topological polar surface area (TPSA) is 98.1 Å². The minimum absolute atomic E-state index is 0.156. The molecule has 1 aromatic carbocycles. The van der Waals surface area contributed by atoms with Gasteiger partial charge in [-0.3, -0.25) is 4.79 Å². The van der Waals surface area contributed by atoms with E-state index in [-0.39, 0.29) is 5.78 Å². The van der Waals surface area contributed by atoms with Gasteiger partial charge in [0.25, 0.3) is 5.22 Å². The molecule has 0 radical (unpaired) electrons. The summed E-state index contributed by atoms with van der Waals surface area (Å²) in [5, 5.41) is 7.98. The normalized spacial score (nSPS) is 12.1. The molecule has 2 aromatic heterocycles. The number of benzene rings is 1. The number of H-pyrrole nitrogens is 1. The molecule has 7 nitrogen and oxygen atoms in total. The van der Waals surface area contributed by atoms with Crippen molar-refractivity contribution in [1.82, 2.24) is 15.2 Å². The minimum atomic E-state index is -0.481. The third-order valence-electron chi connectivity index (χ3n) is 4.88. The predicted molar refractivity (Wildman–Crippen MR) is 110 cm³/mol. The Morgan fingerprint density at radius 1 is 1.14 bits per heavy atom. The molecule has 1 N–H and O–H groups in total. The molecule has 0 saturated carbocycles. The fraction of sp³-hybridized carbons (Fsp3) is 0.333. The molecule has 3 rings (SSSR count). The molecule has 2 heterocycles. The van der Waals surface area contributed by atoms with Crippen LogP contribution in [0.2, 0.25) is 0 Å². The molecule has 0 aliphatic carbocycles. The van der Waals surface area contributed by atoms with Gasteiger partial charge in [0.15, 0.2) is 5.78 Å². The highest BCUT2D eigenvalue weighted by Crippen LogP contribution is 2.30. The second-order valence-electron chi connectivity index (χ2n) is 6.91. The van der Waals surface area contributed by atoms with Gasteiger partial charge in [0.05, 0.1) is 23.6 Å². The molecule has 152 valence electrons. The van der Waals surface area contributed by atoms with Crippen LogP contribution >= 0.6 is 11.8 Å². The summed E-state index contributed by atoms with van der Waals surface area (Å²) >= 11 is 1.18. The molecule has 0 aliphatic rings. The number of nitrogens with zero attached hydrogens (tertiary/aromatic N) is 2. The number of aromatic nitrogens is 3. The van der Waals surface area contributed by atoms with E-state index < -0.39 is 11.2 Å². The highest BCUT2D eigenvalue weighted by molar-refractivity contribution is 8.00. The van der Waals surface area contributed by atoms with Crippen molar-refractivity contribution in [1.29, 1.82) is 0 Å². The van der Waals surface area contributed by atoms with Gasteiger partial charge in [-0.2, -0.15) is 0 Å². The van der Waals surface area contributed by atoms with Crippen molar-refractivity contribution in [2.75, 3.05) is 7.11 Å². The highest BCUT2D eigenvalue weighted by atomic mass is 32.2.